The molecule has 1 amide bonds. The molecule has 0 radical (unpaired) electrons. The molecule has 1 aromatic carbocycles. The van der Waals surface area contributed by atoms with Crippen LogP contribution >= 0.6 is 11.6 Å². The minimum Gasteiger partial charge on any atom is -0.372 e. The number of nitrogens with zero attached hydrogens (tertiary/aromatic N) is 2. The first-order valence-corrected chi connectivity index (χ1v) is 10.6. The third-order valence-electron chi connectivity index (χ3n) is 6.72. The van der Waals surface area contributed by atoms with Gasteiger partial charge in [-0.3, -0.25) is 4.79 Å². The normalized spacial score (nSPS) is 21.4. The molecule has 5 heteroatoms. The fourth-order valence-electron chi connectivity index (χ4n) is 5.21. The molecule has 1 aromatic heterocycles. The summed E-state index contributed by atoms with van der Waals surface area (Å²) < 4.78 is 2.26. The van der Waals surface area contributed by atoms with E-state index in [1.807, 2.05) is 12.1 Å². The van der Waals surface area contributed by atoms with Gasteiger partial charge in [-0.1, -0.05) is 30.9 Å². The van der Waals surface area contributed by atoms with Crippen molar-refractivity contribution in [3.8, 4) is 5.69 Å². The highest BCUT2D eigenvalue weighted by Gasteiger charge is 2.43. The first-order chi connectivity index (χ1) is 13.2. The maximum absolute atomic E-state index is 12.9. The fourth-order valence-corrected chi connectivity index (χ4v) is 5.38. The van der Waals surface area contributed by atoms with Gasteiger partial charge in [-0.15, -0.1) is 0 Å². The van der Waals surface area contributed by atoms with Crippen LogP contribution in [0.25, 0.3) is 5.69 Å². The molecular weight excluding hydrogens is 358 g/mol. The number of anilines is 1. The van der Waals surface area contributed by atoms with E-state index in [0.717, 1.165) is 55.2 Å². The Bertz CT molecular complexity index is 860. The van der Waals surface area contributed by atoms with Crippen molar-refractivity contribution in [3.05, 3.63) is 47.2 Å². The molecular formula is C22H26ClN3O. The number of benzene rings is 1. The van der Waals surface area contributed by atoms with Crippen LogP contribution in [0.3, 0.4) is 0 Å². The minimum absolute atomic E-state index is 0.103. The van der Waals surface area contributed by atoms with Crippen molar-refractivity contribution in [1.29, 1.82) is 0 Å². The standard InChI is InChI=1S/C22H26ClN3O/c23-17-8-9-18-19(15-17)26-12-4-7-20(26)22(24-18)10-13-25(14-11-22)21(27)16-5-2-1-3-6-16/h4,7-9,12,15-16,24H,1-3,5-6,10-11,13-14H2. The van der Waals surface area contributed by atoms with Crippen LogP contribution in [0.5, 0.6) is 0 Å². The Labute approximate surface area is 165 Å². The zero-order valence-corrected chi connectivity index (χ0v) is 16.3. The van der Waals surface area contributed by atoms with Gasteiger partial charge in [0.2, 0.25) is 5.91 Å². The topological polar surface area (TPSA) is 37.3 Å². The quantitative estimate of drug-likeness (QED) is 0.756. The molecule has 1 aliphatic carbocycles. The van der Waals surface area contributed by atoms with E-state index in [1.165, 1.54) is 25.0 Å². The number of hydrogen-bond acceptors (Lipinski definition) is 2. The molecule has 2 aromatic rings. The predicted molar refractivity (Wildman–Crippen MR) is 108 cm³/mol. The Morgan fingerprint density at radius 2 is 1.89 bits per heavy atom. The molecule has 1 saturated heterocycles. The van der Waals surface area contributed by atoms with E-state index in [9.17, 15) is 4.79 Å². The maximum Gasteiger partial charge on any atom is 0.225 e. The van der Waals surface area contributed by atoms with E-state index in [1.54, 1.807) is 0 Å². The second-order valence-corrected chi connectivity index (χ2v) is 8.73. The van der Waals surface area contributed by atoms with Gasteiger partial charge in [-0.05, 0) is 56.0 Å². The third kappa shape index (κ3) is 2.85. The van der Waals surface area contributed by atoms with Crippen molar-refractivity contribution in [2.75, 3.05) is 18.4 Å². The number of aromatic nitrogens is 1. The average Bonchev–Trinajstić information content (AvgIpc) is 3.21. The van der Waals surface area contributed by atoms with Crippen LogP contribution in [0, 0.1) is 5.92 Å². The van der Waals surface area contributed by atoms with Crippen LogP contribution in [0.2, 0.25) is 5.02 Å². The van der Waals surface area contributed by atoms with Gasteiger partial charge < -0.3 is 14.8 Å². The molecule has 0 unspecified atom stereocenters. The molecule has 5 rings (SSSR count). The number of likely N-dealkylation sites (tertiary alicyclic amines) is 1. The van der Waals surface area contributed by atoms with Gasteiger partial charge >= 0.3 is 0 Å². The fraction of sp³-hybridized carbons (Fsp3) is 0.500. The first-order valence-electron chi connectivity index (χ1n) is 10.2. The van der Waals surface area contributed by atoms with E-state index in [-0.39, 0.29) is 11.5 Å². The minimum atomic E-state index is -0.103. The van der Waals surface area contributed by atoms with E-state index in [2.05, 4.69) is 39.2 Å². The summed E-state index contributed by atoms with van der Waals surface area (Å²) in [7, 11) is 0. The van der Waals surface area contributed by atoms with Crippen LogP contribution in [0.1, 0.15) is 50.6 Å². The van der Waals surface area contributed by atoms with Crippen molar-refractivity contribution in [2.24, 2.45) is 5.92 Å². The highest BCUT2D eigenvalue weighted by molar-refractivity contribution is 6.30. The summed E-state index contributed by atoms with van der Waals surface area (Å²) in [5.41, 5.74) is 3.40. The lowest BCUT2D eigenvalue weighted by molar-refractivity contribution is -0.138. The molecule has 3 aliphatic rings. The van der Waals surface area contributed by atoms with Gasteiger partial charge in [0.25, 0.3) is 0 Å². The molecule has 3 heterocycles. The molecule has 27 heavy (non-hydrogen) atoms. The second-order valence-electron chi connectivity index (χ2n) is 8.29. The molecule has 2 aliphatic heterocycles. The lowest BCUT2D eigenvalue weighted by Crippen LogP contribution is -2.52. The summed E-state index contributed by atoms with van der Waals surface area (Å²) >= 11 is 6.23. The van der Waals surface area contributed by atoms with Crippen LogP contribution in [0.4, 0.5) is 5.69 Å². The third-order valence-corrected chi connectivity index (χ3v) is 6.95. The van der Waals surface area contributed by atoms with Crippen LogP contribution < -0.4 is 5.32 Å². The van der Waals surface area contributed by atoms with Gasteiger partial charge in [0.1, 0.15) is 0 Å². The Morgan fingerprint density at radius 1 is 1.11 bits per heavy atom. The lowest BCUT2D eigenvalue weighted by Gasteiger charge is -2.47. The number of fused-ring (bicyclic) bond motifs is 4. The van der Waals surface area contributed by atoms with E-state index in [4.69, 9.17) is 11.6 Å². The molecule has 142 valence electrons. The molecule has 0 atom stereocenters. The molecule has 4 nitrogen and oxygen atoms in total. The summed E-state index contributed by atoms with van der Waals surface area (Å²) in [5, 5.41) is 4.55. The zero-order valence-electron chi connectivity index (χ0n) is 15.6. The molecule has 2 fully saturated rings. The van der Waals surface area contributed by atoms with Gasteiger partial charge in [0, 0.05) is 35.9 Å². The number of amides is 1. The number of nitrogens with one attached hydrogen (secondary N) is 1. The van der Waals surface area contributed by atoms with Gasteiger partial charge in [0.15, 0.2) is 0 Å². The largest absolute Gasteiger partial charge is 0.372 e. The van der Waals surface area contributed by atoms with Crippen LogP contribution in [-0.4, -0.2) is 28.5 Å². The van der Waals surface area contributed by atoms with Gasteiger partial charge in [0.05, 0.1) is 16.9 Å². The zero-order chi connectivity index (χ0) is 18.4. The van der Waals surface area contributed by atoms with E-state index >= 15 is 0 Å². The summed E-state index contributed by atoms with van der Waals surface area (Å²) in [4.78, 5) is 15.1. The number of piperidine rings is 1. The monoisotopic (exact) mass is 383 g/mol. The average molecular weight is 384 g/mol. The lowest BCUT2D eigenvalue weighted by atomic mass is 9.81. The Balaban J connectivity index is 1.38. The predicted octanol–water partition coefficient (Wildman–Crippen LogP) is 4.95. The molecule has 0 bridgehead atoms. The Kier molecular flexibility index (Phi) is 4.19. The van der Waals surface area contributed by atoms with E-state index in [0.29, 0.717) is 5.91 Å². The summed E-state index contributed by atoms with van der Waals surface area (Å²) in [6.07, 6.45) is 9.87. The Morgan fingerprint density at radius 3 is 2.67 bits per heavy atom. The summed E-state index contributed by atoms with van der Waals surface area (Å²) in [6, 6.07) is 10.3. The highest BCUT2D eigenvalue weighted by Crippen LogP contribution is 2.44. The molecule has 1 N–H and O–H groups in total. The summed E-state index contributed by atoms with van der Waals surface area (Å²) in [5.74, 6) is 0.654. The number of carbonyl (C=O) groups is 1. The maximum atomic E-state index is 12.9. The SMILES string of the molecule is O=C(C1CCCCC1)N1CCC2(CC1)Nc1ccc(Cl)cc1-n1cccc12. The highest BCUT2D eigenvalue weighted by atomic mass is 35.5. The van der Waals surface area contributed by atoms with Crippen molar-refractivity contribution < 1.29 is 4.79 Å². The Hall–Kier alpha value is -1.94. The molecule has 1 saturated carbocycles. The van der Waals surface area contributed by atoms with Gasteiger partial charge in [-0.25, -0.2) is 0 Å². The first kappa shape index (κ1) is 17.2. The second kappa shape index (κ2) is 6.59. The van der Waals surface area contributed by atoms with Crippen molar-refractivity contribution in [3.63, 3.8) is 0 Å². The number of halogens is 1. The van der Waals surface area contributed by atoms with Crippen molar-refractivity contribution in [1.82, 2.24) is 9.47 Å². The smallest absolute Gasteiger partial charge is 0.225 e. The van der Waals surface area contributed by atoms with E-state index < -0.39 is 0 Å². The van der Waals surface area contributed by atoms with Crippen molar-refractivity contribution in [2.45, 2.75) is 50.5 Å². The van der Waals surface area contributed by atoms with Gasteiger partial charge in [-0.2, -0.15) is 0 Å². The number of rotatable bonds is 1. The van der Waals surface area contributed by atoms with Crippen LogP contribution in [0.15, 0.2) is 36.5 Å². The number of carbonyl (C=O) groups excluding carboxylic acids is 1. The summed E-state index contributed by atoms with van der Waals surface area (Å²) in [6.45, 7) is 1.66. The molecule has 1 spiro atoms. The van der Waals surface area contributed by atoms with Crippen molar-refractivity contribution >= 4 is 23.2 Å². The van der Waals surface area contributed by atoms with Crippen LogP contribution in [-0.2, 0) is 10.3 Å². The number of hydrogen-bond donors (Lipinski definition) is 1.